The maximum atomic E-state index is 12.2. The lowest BCUT2D eigenvalue weighted by atomic mass is 9.85. The Balaban J connectivity index is 1.96. The summed E-state index contributed by atoms with van der Waals surface area (Å²) in [7, 11) is 0. The normalized spacial score (nSPS) is 15.4. The number of hydrogen-bond acceptors (Lipinski definition) is 3. The van der Waals surface area contributed by atoms with Gasteiger partial charge < -0.3 is 10.6 Å². The second-order valence-electron chi connectivity index (χ2n) is 6.76. The Labute approximate surface area is 127 Å². The third-order valence-corrected chi connectivity index (χ3v) is 4.62. The molecule has 116 valence electrons. The van der Waals surface area contributed by atoms with Crippen molar-refractivity contribution in [3.63, 3.8) is 0 Å². The molecule has 0 unspecified atom stereocenters. The molecule has 21 heavy (non-hydrogen) atoms. The lowest BCUT2D eigenvalue weighted by molar-refractivity contribution is -0.124. The summed E-state index contributed by atoms with van der Waals surface area (Å²) in [5.74, 6) is 1.77. The summed E-state index contributed by atoms with van der Waals surface area (Å²) in [6.45, 7) is 8.96. The van der Waals surface area contributed by atoms with Crippen molar-refractivity contribution in [2.24, 2.45) is 11.3 Å². The predicted octanol–water partition coefficient (Wildman–Crippen LogP) is 3.98. The van der Waals surface area contributed by atoms with Gasteiger partial charge in [0, 0.05) is 12.0 Å². The molecule has 1 aromatic heterocycles. The van der Waals surface area contributed by atoms with Gasteiger partial charge in [-0.1, -0.05) is 27.2 Å². The van der Waals surface area contributed by atoms with Gasteiger partial charge in [0.25, 0.3) is 0 Å². The first-order valence-electron chi connectivity index (χ1n) is 7.94. The molecule has 0 atom stereocenters. The van der Waals surface area contributed by atoms with Crippen LogP contribution < -0.4 is 10.6 Å². The van der Waals surface area contributed by atoms with Gasteiger partial charge in [0.15, 0.2) is 0 Å². The third-order valence-electron chi connectivity index (χ3n) is 4.62. The average molecular weight is 289 g/mol. The van der Waals surface area contributed by atoms with Crippen LogP contribution in [0, 0.1) is 18.3 Å². The SMILES string of the molecule is CCC(C)(C)C(=O)Nc1cnc(NCC2CCC2)c(C)c1. The van der Waals surface area contributed by atoms with E-state index in [0.29, 0.717) is 0 Å². The molecule has 0 aromatic carbocycles. The Bertz CT molecular complexity index is 507. The number of aryl methyl sites for hydroxylation is 1. The molecule has 1 saturated carbocycles. The van der Waals surface area contributed by atoms with Gasteiger partial charge in [-0.25, -0.2) is 4.98 Å². The van der Waals surface area contributed by atoms with Crippen LogP contribution in [0.4, 0.5) is 11.5 Å². The van der Waals surface area contributed by atoms with Crippen LogP contribution in [-0.4, -0.2) is 17.4 Å². The standard InChI is InChI=1S/C17H27N3O/c1-5-17(3,4)16(21)20-14-9-12(2)15(19-11-14)18-10-13-7-6-8-13/h9,11,13H,5-8,10H2,1-4H3,(H,18,19)(H,20,21). The summed E-state index contributed by atoms with van der Waals surface area (Å²) in [6.07, 6.45) is 6.56. The van der Waals surface area contributed by atoms with Crippen molar-refractivity contribution in [2.75, 3.05) is 17.2 Å². The number of anilines is 2. The lowest BCUT2D eigenvalue weighted by Crippen LogP contribution is -2.30. The molecule has 1 heterocycles. The molecule has 4 heteroatoms. The summed E-state index contributed by atoms with van der Waals surface area (Å²) >= 11 is 0. The highest BCUT2D eigenvalue weighted by molar-refractivity contribution is 5.94. The van der Waals surface area contributed by atoms with E-state index in [1.807, 2.05) is 33.8 Å². The molecule has 0 aliphatic heterocycles. The molecular formula is C17H27N3O. The van der Waals surface area contributed by atoms with E-state index in [1.54, 1.807) is 6.20 Å². The largest absolute Gasteiger partial charge is 0.370 e. The van der Waals surface area contributed by atoms with E-state index in [2.05, 4.69) is 15.6 Å². The molecule has 1 aromatic rings. The van der Waals surface area contributed by atoms with Crippen molar-refractivity contribution < 1.29 is 4.79 Å². The van der Waals surface area contributed by atoms with Crippen LogP contribution in [-0.2, 0) is 4.79 Å². The third kappa shape index (κ3) is 3.96. The van der Waals surface area contributed by atoms with E-state index in [-0.39, 0.29) is 11.3 Å². The zero-order valence-corrected chi connectivity index (χ0v) is 13.6. The van der Waals surface area contributed by atoms with Gasteiger partial charge >= 0.3 is 0 Å². The van der Waals surface area contributed by atoms with Crippen LogP contribution in [0.1, 0.15) is 52.0 Å². The van der Waals surface area contributed by atoms with Crippen molar-refractivity contribution in [3.05, 3.63) is 17.8 Å². The highest BCUT2D eigenvalue weighted by atomic mass is 16.2. The summed E-state index contributed by atoms with van der Waals surface area (Å²) in [5, 5.41) is 6.37. The molecular weight excluding hydrogens is 262 g/mol. The number of pyridine rings is 1. The highest BCUT2D eigenvalue weighted by Gasteiger charge is 2.25. The number of hydrogen-bond donors (Lipinski definition) is 2. The molecule has 1 aliphatic rings. The maximum absolute atomic E-state index is 12.2. The van der Waals surface area contributed by atoms with Crippen LogP contribution in [0.5, 0.6) is 0 Å². The van der Waals surface area contributed by atoms with Crippen LogP contribution >= 0.6 is 0 Å². The number of nitrogens with zero attached hydrogens (tertiary/aromatic N) is 1. The van der Waals surface area contributed by atoms with Crippen molar-refractivity contribution in [1.29, 1.82) is 0 Å². The van der Waals surface area contributed by atoms with E-state index in [0.717, 1.165) is 36.0 Å². The molecule has 1 aliphatic carbocycles. The number of carbonyl (C=O) groups is 1. The zero-order valence-electron chi connectivity index (χ0n) is 13.6. The quantitative estimate of drug-likeness (QED) is 0.833. The predicted molar refractivity (Wildman–Crippen MR) is 87.5 cm³/mol. The fourth-order valence-corrected chi connectivity index (χ4v) is 2.23. The molecule has 1 fully saturated rings. The van der Waals surface area contributed by atoms with E-state index in [4.69, 9.17) is 0 Å². The van der Waals surface area contributed by atoms with Gasteiger partial charge in [0.05, 0.1) is 11.9 Å². The summed E-state index contributed by atoms with van der Waals surface area (Å²) in [6, 6.07) is 1.99. The average Bonchev–Trinajstić information content (AvgIpc) is 2.39. The Kier molecular flexibility index (Phi) is 4.86. The van der Waals surface area contributed by atoms with E-state index < -0.39 is 0 Å². The van der Waals surface area contributed by atoms with E-state index in [9.17, 15) is 4.79 Å². The van der Waals surface area contributed by atoms with Gasteiger partial charge in [0.1, 0.15) is 5.82 Å². The van der Waals surface area contributed by atoms with Gasteiger partial charge in [-0.2, -0.15) is 0 Å². The maximum Gasteiger partial charge on any atom is 0.230 e. The lowest BCUT2D eigenvalue weighted by Gasteiger charge is -2.26. The molecule has 2 rings (SSSR count). The fraction of sp³-hybridized carbons (Fsp3) is 0.647. The second-order valence-corrected chi connectivity index (χ2v) is 6.76. The van der Waals surface area contributed by atoms with Crippen LogP contribution in [0.25, 0.3) is 0 Å². The van der Waals surface area contributed by atoms with E-state index in [1.165, 1.54) is 19.3 Å². The number of amides is 1. The summed E-state index contributed by atoms with van der Waals surface area (Å²) in [4.78, 5) is 16.6. The van der Waals surface area contributed by atoms with Gasteiger partial charge in [-0.3, -0.25) is 4.79 Å². The fourth-order valence-electron chi connectivity index (χ4n) is 2.23. The molecule has 4 nitrogen and oxygen atoms in total. The second kappa shape index (κ2) is 6.46. The number of rotatable bonds is 6. The highest BCUT2D eigenvalue weighted by Crippen LogP contribution is 2.27. The van der Waals surface area contributed by atoms with Crippen molar-refractivity contribution in [1.82, 2.24) is 4.98 Å². The van der Waals surface area contributed by atoms with E-state index >= 15 is 0 Å². The Morgan fingerprint density at radius 2 is 2.14 bits per heavy atom. The molecule has 0 spiro atoms. The first-order chi connectivity index (χ1) is 9.92. The minimum Gasteiger partial charge on any atom is -0.370 e. The topological polar surface area (TPSA) is 54.0 Å². The number of aromatic nitrogens is 1. The minimum atomic E-state index is -0.352. The molecule has 0 bridgehead atoms. The zero-order chi connectivity index (χ0) is 15.5. The van der Waals surface area contributed by atoms with Crippen LogP contribution in [0.2, 0.25) is 0 Å². The first kappa shape index (κ1) is 15.8. The molecule has 0 radical (unpaired) electrons. The molecule has 0 saturated heterocycles. The summed E-state index contributed by atoms with van der Waals surface area (Å²) in [5.41, 5.74) is 1.49. The Morgan fingerprint density at radius 3 is 2.67 bits per heavy atom. The molecule has 1 amide bonds. The number of carbonyl (C=O) groups excluding carboxylic acids is 1. The first-order valence-corrected chi connectivity index (χ1v) is 7.94. The smallest absolute Gasteiger partial charge is 0.230 e. The van der Waals surface area contributed by atoms with Crippen molar-refractivity contribution in [3.8, 4) is 0 Å². The van der Waals surface area contributed by atoms with Crippen molar-refractivity contribution >= 4 is 17.4 Å². The van der Waals surface area contributed by atoms with Gasteiger partial charge in [0.2, 0.25) is 5.91 Å². The Morgan fingerprint density at radius 1 is 1.43 bits per heavy atom. The number of nitrogens with one attached hydrogen (secondary N) is 2. The van der Waals surface area contributed by atoms with Gasteiger partial charge in [-0.15, -0.1) is 0 Å². The Hall–Kier alpha value is -1.58. The monoisotopic (exact) mass is 289 g/mol. The van der Waals surface area contributed by atoms with Crippen LogP contribution in [0.15, 0.2) is 12.3 Å². The summed E-state index contributed by atoms with van der Waals surface area (Å²) < 4.78 is 0. The van der Waals surface area contributed by atoms with Crippen LogP contribution in [0.3, 0.4) is 0 Å². The molecule has 2 N–H and O–H groups in total. The van der Waals surface area contributed by atoms with Gasteiger partial charge in [-0.05, 0) is 43.7 Å². The van der Waals surface area contributed by atoms with Crippen molar-refractivity contribution in [2.45, 2.75) is 53.4 Å². The minimum absolute atomic E-state index is 0.0429.